The number of carbonyl (C=O) groups excluding carboxylic acids is 1. The average Bonchev–Trinajstić information content (AvgIpc) is 3.00. The number of amides is 1. The third-order valence-corrected chi connectivity index (χ3v) is 7.10. The van der Waals surface area contributed by atoms with E-state index in [-0.39, 0.29) is 34.5 Å². The highest BCUT2D eigenvalue weighted by Gasteiger charge is 2.30. The van der Waals surface area contributed by atoms with Crippen LogP contribution in [0.25, 0.3) is 0 Å². The van der Waals surface area contributed by atoms with E-state index in [0.29, 0.717) is 11.3 Å². The molecule has 2 aromatic carbocycles. The zero-order chi connectivity index (χ0) is 22.8. The summed E-state index contributed by atoms with van der Waals surface area (Å²) in [4.78, 5) is 14.1. The highest BCUT2D eigenvalue weighted by Crippen LogP contribution is 2.29. The van der Waals surface area contributed by atoms with Crippen LogP contribution in [0.3, 0.4) is 0 Å². The first kappa shape index (κ1) is 22.6. The van der Waals surface area contributed by atoms with Crippen LogP contribution in [0.5, 0.6) is 5.75 Å². The van der Waals surface area contributed by atoms with Gasteiger partial charge in [0.05, 0.1) is 25.1 Å². The van der Waals surface area contributed by atoms with Crippen molar-refractivity contribution in [2.45, 2.75) is 11.8 Å². The van der Waals surface area contributed by atoms with Gasteiger partial charge in [-0.25, -0.2) is 8.42 Å². The Bertz CT molecular complexity index is 1260. The minimum absolute atomic E-state index is 0.0935. The largest absolute Gasteiger partial charge is 0.494 e. The Morgan fingerprint density at radius 1 is 1.19 bits per heavy atom. The highest BCUT2D eigenvalue weighted by atomic mass is 32.2. The van der Waals surface area contributed by atoms with Crippen LogP contribution in [0, 0.1) is 0 Å². The third kappa shape index (κ3) is 4.97. The summed E-state index contributed by atoms with van der Waals surface area (Å²) in [7, 11) is -4.32. The molecule has 0 aromatic heterocycles. The lowest BCUT2D eigenvalue weighted by atomic mass is 10.2. The molecule has 2 aromatic rings. The number of carbonyl (C=O) groups is 1. The van der Waals surface area contributed by atoms with E-state index in [1.165, 1.54) is 43.2 Å². The number of hydrogen-bond donors (Lipinski definition) is 2. The second kappa shape index (κ2) is 8.55. The number of sulfonamides is 2. The molecule has 0 saturated heterocycles. The van der Waals surface area contributed by atoms with Crippen LogP contribution in [-0.4, -0.2) is 59.9 Å². The Labute approximate surface area is 181 Å². The van der Waals surface area contributed by atoms with Gasteiger partial charge >= 0.3 is 0 Å². The van der Waals surface area contributed by atoms with Crippen molar-refractivity contribution in [3.8, 4) is 5.75 Å². The predicted octanol–water partition coefficient (Wildman–Crippen LogP) is 1.48. The molecule has 0 radical (unpaired) electrons. The molecule has 31 heavy (non-hydrogen) atoms. The molecule has 166 valence electrons. The third-order valence-electron chi connectivity index (χ3n) is 4.49. The highest BCUT2D eigenvalue weighted by molar-refractivity contribution is 7.92. The molecule has 0 spiro atoms. The number of benzene rings is 2. The lowest BCUT2D eigenvalue weighted by molar-refractivity contribution is -0.116. The van der Waals surface area contributed by atoms with Crippen LogP contribution < -0.4 is 14.8 Å². The Kier molecular flexibility index (Phi) is 6.23. The Morgan fingerprint density at radius 2 is 1.90 bits per heavy atom. The molecule has 1 amide bonds. The number of rotatable bonds is 7. The molecule has 0 saturated carbocycles. The van der Waals surface area contributed by atoms with E-state index < -0.39 is 26.0 Å². The van der Waals surface area contributed by atoms with Crippen molar-refractivity contribution >= 4 is 43.2 Å². The van der Waals surface area contributed by atoms with Crippen LogP contribution in [0.2, 0.25) is 0 Å². The number of ether oxygens (including phenoxy) is 1. The van der Waals surface area contributed by atoms with Crippen LogP contribution in [0.4, 0.5) is 11.4 Å². The summed E-state index contributed by atoms with van der Waals surface area (Å²) in [5, 5.41) is 2.68. The van der Waals surface area contributed by atoms with Crippen molar-refractivity contribution in [2.24, 2.45) is 4.40 Å². The lowest BCUT2D eigenvalue weighted by Crippen LogP contribution is -2.34. The number of hydrogen-bond acceptors (Lipinski definition) is 7. The van der Waals surface area contributed by atoms with E-state index in [1.807, 2.05) is 0 Å². The quantitative estimate of drug-likeness (QED) is 0.631. The predicted molar refractivity (Wildman–Crippen MR) is 118 cm³/mol. The number of amidine groups is 1. The Balaban J connectivity index is 1.73. The van der Waals surface area contributed by atoms with Gasteiger partial charge in [0.15, 0.2) is 5.84 Å². The monoisotopic (exact) mass is 466 g/mol. The summed E-state index contributed by atoms with van der Waals surface area (Å²) in [5.74, 6) is -0.0871. The molecule has 0 bridgehead atoms. The maximum Gasteiger partial charge on any atom is 0.285 e. The van der Waals surface area contributed by atoms with Gasteiger partial charge in [-0.2, -0.15) is 8.42 Å². The number of likely N-dealkylation sites (N-methyl/N-ethyl adjacent to an activating group) is 1. The van der Waals surface area contributed by atoms with Crippen molar-refractivity contribution in [1.82, 2.24) is 4.90 Å². The van der Waals surface area contributed by atoms with Gasteiger partial charge in [-0.05, 0) is 31.2 Å². The smallest absolute Gasteiger partial charge is 0.285 e. The molecule has 12 heteroatoms. The van der Waals surface area contributed by atoms with E-state index in [1.54, 1.807) is 25.2 Å². The molecular formula is C19H22N4O6S2. The number of fused-ring (bicyclic) bond motifs is 1. The minimum atomic E-state index is -3.78. The van der Waals surface area contributed by atoms with E-state index in [4.69, 9.17) is 4.74 Å². The average molecular weight is 467 g/mol. The van der Waals surface area contributed by atoms with Crippen molar-refractivity contribution in [3.63, 3.8) is 0 Å². The zero-order valence-electron chi connectivity index (χ0n) is 17.1. The molecule has 0 fully saturated rings. The van der Waals surface area contributed by atoms with Crippen LogP contribution >= 0.6 is 0 Å². The van der Waals surface area contributed by atoms with Crippen molar-refractivity contribution in [3.05, 3.63) is 48.0 Å². The lowest BCUT2D eigenvalue weighted by Gasteiger charge is -2.19. The number of nitrogens with zero attached hydrogens (tertiary/aromatic N) is 2. The molecule has 0 unspecified atom stereocenters. The Hall–Kier alpha value is -3.12. The van der Waals surface area contributed by atoms with Crippen LogP contribution in [-0.2, 0) is 24.8 Å². The summed E-state index contributed by atoms with van der Waals surface area (Å²) in [6.07, 6.45) is 0. The first-order chi connectivity index (χ1) is 14.6. The summed E-state index contributed by atoms with van der Waals surface area (Å²) < 4.78 is 59.3. The summed E-state index contributed by atoms with van der Waals surface area (Å²) in [6.45, 7) is 1.35. The summed E-state index contributed by atoms with van der Waals surface area (Å²) in [6, 6.07) is 10.9. The Morgan fingerprint density at radius 3 is 2.58 bits per heavy atom. The SMILES string of the molecule is CCS(=O)(=O)Nc1ccc(NC(=O)CN(C)C2=NS(=O)(=O)c3ccccc32)cc1OC. The number of nitrogens with one attached hydrogen (secondary N) is 2. The molecule has 0 aliphatic carbocycles. The van der Waals surface area contributed by atoms with Gasteiger partial charge in [0.2, 0.25) is 15.9 Å². The fourth-order valence-electron chi connectivity index (χ4n) is 2.95. The number of methoxy groups -OCH3 is 1. The van der Waals surface area contributed by atoms with Crippen molar-refractivity contribution in [1.29, 1.82) is 0 Å². The molecule has 3 rings (SSSR count). The maximum absolute atomic E-state index is 12.5. The zero-order valence-corrected chi connectivity index (χ0v) is 18.7. The van der Waals surface area contributed by atoms with Gasteiger partial charge < -0.3 is 15.0 Å². The molecule has 0 atom stereocenters. The van der Waals surface area contributed by atoms with Crippen molar-refractivity contribution in [2.75, 3.05) is 36.5 Å². The molecule has 1 aliphatic heterocycles. The normalized spacial score (nSPS) is 14.4. The first-order valence-corrected chi connectivity index (χ1v) is 12.3. The van der Waals surface area contributed by atoms with Gasteiger partial charge in [-0.3, -0.25) is 9.52 Å². The standard InChI is InChI=1S/C19H22N4O6S2/c1-4-30(25,26)21-15-10-9-13(11-16(15)29-3)20-18(24)12-23(2)19-14-7-5-6-8-17(14)31(27,28)22-19/h5-11,21H,4,12H2,1-3H3,(H,20,24). The first-order valence-electron chi connectivity index (χ1n) is 9.20. The van der Waals surface area contributed by atoms with E-state index in [9.17, 15) is 21.6 Å². The molecular weight excluding hydrogens is 444 g/mol. The molecule has 10 nitrogen and oxygen atoms in total. The van der Waals surface area contributed by atoms with Crippen LogP contribution in [0.1, 0.15) is 12.5 Å². The van der Waals surface area contributed by atoms with Gasteiger partial charge in [-0.15, -0.1) is 4.40 Å². The van der Waals surface area contributed by atoms with E-state index >= 15 is 0 Å². The topological polar surface area (TPSA) is 134 Å². The fraction of sp³-hybridized carbons (Fsp3) is 0.263. The van der Waals surface area contributed by atoms with E-state index in [0.717, 1.165) is 0 Å². The van der Waals surface area contributed by atoms with Gasteiger partial charge in [0.1, 0.15) is 10.6 Å². The second-order valence-electron chi connectivity index (χ2n) is 6.71. The second-order valence-corrected chi connectivity index (χ2v) is 10.3. The van der Waals surface area contributed by atoms with Crippen LogP contribution in [0.15, 0.2) is 51.8 Å². The fourth-order valence-corrected chi connectivity index (χ4v) is 4.85. The van der Waals surface area contributed by atoms with Gasteiger partial charge in [-0.1, -0.05) is 12.1 Å². The van der Waals surface area contributed by atoms with E-state index in [2.05, 4.69) is 14.4 Å². The van der Waals surface area contributed by atoms with Crippen molar-refractivity contribution < 1.29 is 26.4 Å². The summed E-state index contributed by atoms with van der Waals surface area (Å²) >= 11 is 0. The van der Waals surface area contributed by atoms with Gasteiger partial charge in [0.25, 0.3) is 10.0 Å². The minimum Gasteiger partial charge on any atom is -0.494 e. The number of anilines is 2. The summed E-state index contributed by atoms with van der Waals surface area (Å²) in [5.41, 5.74) is 1.07. The maximum atomic E-state index is 12.5. The molecule has 1 heterocycles. The van der Waals surface area contributed by atoms with Gasteiger partial charge in [0, 0.05) is 24.4 Å². The molecule has 1 aliphatic rings. The molecule has 2 N–H and O–H groups in total.